The van der Waals surface area contributed by atoms with Crippen LogP contribution >= 0.6 is 0 Å². The van der Waals surface area contributed by atoms with E-state index >= 15 is 0 Å². The molecule has 0 aliphatic rings. The summed E-state index contributed by atoms with van der Waals surface area (Å²) < 4.78 is 2.78. The monoisotopic (exact) mass is 291 g/mol. The largest absolute Gasteiger partial charge is 0.320 e. The van der Waals surface area contributed by atoms with Crippen molar-refractivity contribution in [1.82, 2.24) is 4.57 Å². The van der Waals surface area contributed by atoms with Crippen molar-refractivity contribution in [2.75, 3.05) is 13.1 Å². The van der Waals surface area contributed by atoms with E-state index in [1.54, 1.807) is 5.19 Å². The zero-order valence-corrected chi connectivity index (χ0v) is 15.7. The van der Waals surface area contributed by atoms with Crippen molar-refractivity contribution < 1.29 is 0 Å². The van der Waals surface area contributed by atoms with Crippen LogP contribution in [-0.2, 0) is 0 Å². The van der Waals surface area contributed by atoms with Gasteiger partial charge in [-0.25, -0.2) is 0 Å². The van der Waals surface area contributed by atoms with Crippen LogP contribution in [0.2, 0.25) is 10.1 Å². The Labute approximate surface area is 127 Å². The van der Waals surface area contributed by atoms with E-state index in [9.17, 15) is 0 Å². The molecule has 0 aromatic heterocycles. The molecule has 0 saturated carbocycles. The Hall–Kier alpha value is -0.603. The Morgan fingerprint density at radius 2 is 1.20 bits per heavy atom. The molecule has 0 spiro atoms. The molecule has 0 amide bonds. The molecule has 114 valence electrons. The van der Waals surface area contributed by atoms with Gasteiger partial charge in [-0.2, -0.15) is 0 Å². The maximum atomic E-state index is 2.78. The van der Waals surface area contributed by atoms with E-state index < -0.39 is 8.24 Å². The summed E-state index contributed by atoms with van der Waals surface area (Å²) in [5, 5.41) is 2.15. The molecule has 0 radical (unpaired) electrons. The second kappa shape index (κ2) is 6.03. The SMILES string of the molecule is CCN(CC)[Si](c1ccccc1)(C(C)(C)C)C(C)(C)C. The van der Waals surface area contributed by atoms with Crippen LogP contribution in [0.25, 0.3) is 0 Å². The van der Waals surface area contributed by atoms with Crippen LogP contribution in [0.15, 0.2) is 30.3 Å². The van der Waals surface area contributed by atoms with Crippen LogP contribution in [0.1, 0.15) is 55.4 Å². The summed E-state index contributed by atoms with van der Waals surface area (Å²) in [6.45, 7) is 21.5. The average molecular weight is 292 g/mol. The smallest absolute Gasteiger partial charge is 0.171 e. The normalized spacial score (nSPS) is 13.8. The lowest BCUT2D eigenvalue weighted by Gasteiger charge is -2.57. The molecule has 2 heteroatoms. The second-order valence-electron chi connectivity index (χ2n) is 7.75. The molecule has 1 aromatic carbocycles. The lowest BCUT2D eigenvalue weighted by Crippen LogP contribution is -2.72. The van der Waals surface area contributed by atoms with Crippen LogP contribution in [0, 0.1) is 0 Å². The summed E-state index contributed by atoms with van der Waals surface area (Å²) in [5.41, 5.74) is 0. The van der Waals surface area contributed by atoms with Gasteiger partial charge in [0.15, 0.2) is 8.24 Å². The molecule has 1 aromatic rings. The van der Waals surface area contributed by atoms with Gasteiger partial charge in [0.1, 0.15) is 0 Å². The van der Waals surface area contributed by atoms with Crippen molar-refractivity contribution >= 4 is 13.4 Å². The number of hydrogen-bond acceptors (Lipinski definition) is 1. The number of nitrogens with zero attached hydrogens (tertiary/aromatic N) is 1. The minimum atomic E-state index is -1.87. The minimum Gasteiger partial charge on any atom is -0.320 e. The first-order valence-electron chi connectivity index (χ1n) is 7.93. The second-order valence-corrected chi connectivity index (χ2v) is 13.4. The third-order valence-electron chi connectivity index (χ3n) is 4.60. The van der Waals surface area contributed by atoms with Crippen molar-refractivity contribution in [3.05, 3.63) is 30.3 Å². The fraction of sp³-hybridized carbons (Fsp3) is 0.667. The van der Waals surface area contributed by atoms with Crippen LogP contribution in [0.4, 0.5) is 0 Å². The number of rotatable bonds is 4. The van der Waals surface area contributed by atoms with Gasteiger partial charge in [-0.05, 0) is 28.4 Å². The third-order valence-corrected chi connectivity index (χ3v) is 11.7. The lowest BCUT2D eigenvalue weighted by molar-refractivity contribution is 0.404. The Morgan fingerprint density at radius 1 is 0.800 bits per heavy atom. The van der Waals surface area contributed by atoms with Gasteiger partial charge in [0, 0.05) is 0 Å². The number of benzene rings is 1. The lowest BCUT2D eigenvalue weighted by atomic mass is 10.2. The van der Waals surface area contributed by atoms with Crippen molar-refractivity contribution in [3.63, 3.8) is 0 Å². The Morgan fingerprint density at radius 3 is 1.50 bits per heavy atom. The molecule has 0 fully saturated rings. The van der Waals surface area contributed by atoms with Crippen LogP contribution in [0.5, 0.6) is 0 Å². The van der Waals surface area contributed by atoms with Crippen molar-refractivity contribution in [2.45, 2.75) is 65.5 Å². The molecule has 0 unspecified atom stereocenters. The Bertz CT molecular complexity index is 393. The summed E-state index contributed by atoms with van der Waals surface area (Å²) in [5.74, 6) is 0. The Kier molecular flexibility index (Phi) is 5.26. The van der Waals surface area contributed by atoms with E-state index in [1.807, 2.05) is 0 Å². The van der Waals surface area contributed by atoms with Crippen LogP contribution in [-0.4, -0.2) is 25.9 Å². The molecule has 0 atom stereocenters. The molecule has 0 heterocycles. The predicted octanol–water partition coefficient (Wildman–Crippen LogP) is 4.78. The molecule has 20 heavy (non-hydrogen) atoms. The highest BCUT2D eigenvalue weighted by Gasteiger charge is 2.57. The number of hydrogen-bond donors (Lipinski definition) is 0. The van der Waals surface area contributed by atoms with Crippen molar-refractivity contribution in [1.29, 1.82) is 0 Å². The van der Waals surface area contributed by atoms with Gasteiger partial charge in [0.25, 0.3) is 0 Å². The first-order valence-corrected chi connectivity index (χ1v) is 9.88. The highest BCUT2D eigenvalue weighted by molar-refractivity contribution is 6.94. The van der Waals surface area contributed by atoms with E-state index in [2.05, 4.69) is 90.3 Å². The fourth-order valence-electron chi connectivity index (χ4n) is 4.50. The molecule has 0 bridgehead atoms. The summed E-state index contributed by atoms with van der Waals surface area (Å²) in [4.78, 5) is 0. The van der Waals surface area contributed by atoms with Gasteiger partial charge in [0.2, 0.25) is 0 Å². The highest BCUT2D eigenvalue weighted by atomic mass is 28.3. The van der Waals surface area contributed by atoms with E-state index in [-0.39, 0.29) is 0 Å². The molecule has 0 aliphatic carbocycles. The molecule has 1 nitrogen and oxygen atoms in total. The summed E-state index contributed by atoms with van der Waals surface area (Å²) >= 11 is 0. The minimum absolute atomic E-state index is 0.290. The zero-order chi connectivity index (χ0) is 15.6. The van der Waals surface area contributed by atoms with Gasteiger partial charge in [-0.15, -0.1) is 0 Å². The van der Waals surface area contributed by atoms with E-state index in [4.69, 9.17) is 0 Å². The van der Waals surface area contributed by atoms with Crippen molar-refractivity contribution in [2.24, 2.45) is 0 Å². The quantitative estimate of drug-likeness (QED) is 0.722. The highest BCUT2D eigenvalue weighted by Crippen LogP contribution is 2.52. The summed E-state index contributed by atoms with van der Waals surface area (Å²) in [7, 11) is -1.87. The van der Waals surface area contributed by atoms with Gasteiger partial charge < -0.3 is 4.57 Å². The molecular weight excluding hydrogens is 258 g/mol. The van der Waals surface area contributed by atoms with Crippen LogP contribution < -0.4 is 5.19 Å². The molecule has 0 N–H and O–H groups in total. The fourth-order valence-corrected chi connectivity index (χ4v) is 12.4. The standard InChI is InChI=1S/C18H33NSi/c1-9-19(10-2)20(17(3,4)5,18(6,7)8)16-14-12-11-13-15-16/h11-15H,9-10H2,1-8H3. The first kappa shape index (κ1) is 17.4. The van der Waals surface area contributed by atoms with Gasteiger partial charge >= 0.3 is 0 Å². The predicted molar refractivity (Wildman–Crippen MR) is 94.2 cm³/mol. The average Bonchev–Trinajstić information content (AvgIpc) is 2.33. The van der Waals surface area contributed by atoms with Gasteiger partial charge in [-0.3, -0.25) is 0 Å². The molecule has 0 saturated heterocycles. The summed E-state index contributed by atoms with van der Waals surface area (Å²) in [6, 6.07) is 11.3. The molecular formula is C18H33NSi. The van der Waals surface area contributed by atoms with Gasteiger partial charge in [0.05, 0.1) is 0 Å². The Balaban J connectivity index is 3.69. The summed E-state index contributed by atoms with van der Waals surface area (Å²) in [6.07, 6.45) is 0. The van der Waals surface area contributed by atoms with E-state index in [1.165, 1.54) is 0 Å². The van der Waals surface area contributed by atoms with Crippen molar-refractivity contribution in [3.8, 4) is 0 Å². The van der Waals surface area contributed by atoms with E-state index in [0.29, 0.717) is 10.1 Å². The maximum Gasteiger partial charge on any atom is 0.171 e. The first-order chi connectivity index (χ1) is 9.12. The molecule has 0 aliphatic heterocycles. The van der Waals surface area contributed by atoms with E-state index in [0.717, 1.165) is 13.1 Å². The zero-order valence-electron chi connectivity index (χ0n) is 14.7. The third kappa shape index (κ3) is 2.73. The van der Waals surface area contributed by atoms with Crippen LogP contribution in [0.3, 0.4) is 0 Å². The van der Waals surface area contributed by atoms with Gasteiger partial charge in [-0.1, -0.05) is 85.7 Å². The maximum absolute atomic E-state index is 2.78. The topological polar surface area (TPSA) is 3.24 Å². The molecule has 1 rings (SSSR count).